The van der Waals surface area contributed by atoms with Gasteiger partial charge in [0.25, 0.3) is 0 Å². The van der Waals surface area contributed by atoms with Gasteiger partial charge in [-0.2, -0.15) is 0 Å². The van der Waals surface area contributed by atoms with E-state index in [-0.39, 0.29) is 35.8 Å². The highest BCUT2D eigenvalue weighted by Gasteiger charge is 2.33. The Morgan fingerprint density at radius 2 is 1.87 bits per heavy atom. The number of ether oxygens (including phenoxy) is 3. The Labute approximate surface area is 179 Å². The van der Waals surface area contributed by atoms with E-state index in [1.54, 1.807) is 6.92 Å². The lowest BCUT2D eigenvalue weighted by atomic mass is 9.96. The molecule has 0 bridgehead atoms. The second-order valence-electron chi connectivity index (χ2n) is 8.62. The van der Waals surface area contributed by atoms with E-state index in [1.165, 1.54) is 32.2 Å². The Morgan fingerprint density at radius 1 is 1.20 bits per heavy atom. The maximum Gasteiger partial charge on any atom is 0.309 e. The average Bonchev–Trinajstić information content (AvgIpc) is 3.22. The topological polar surface area (TPSA) is 95.0 Å². The van der Waals surface area contributed by atoms with Gasteiger partial charge >= 0.3 is 5.97 Å². The van der Waals surface area contributed by atoms with Gasteiger partial charge in [0.2, 0.25) is 0 Å². The second-order valence-corrected chi connectivity index (χ2v) is 8.62. The molecule has 0 amide bonds. The molecule has 168 valence electrons. The van der Waals surface area contributed by atoms with Crippen LogP contribution in [0.25, 0.3) is 0 Å². The molecule has 7 nitrogen and oxygen atoms in total. The number of rotatable bonds is 11. The maximum atomic E-state index is 12.6. The highest BCUT2D eigenvalue weighted by atomic mass is 16.6. The van der Waals surface area contributed by atoms with Crippen molar-refractivity contribution in [3.8, 4) is 11.5 Å². The molecule has 1 saturated carbocycles. The number of pyridine rings is 1. The molecule has 0 spiro atoms. The fraction of sp³-hybridized carbons (Fsp3) is 0.696. The number of methoxy groups -OCH3 is 1. The monoisotopic (exact) mass is 421 g/mol. The predicted octanol–water partition coefficient (Wildman–Crippen LogP) is 4.17. The summed E-state index contributed by atoms with van der Waals surface area (Å²) in [5.41, 5.74) is -0.105. The lowest BCUT2D eigenvalue weighted by Gasteiger charge is -2.30. The molecular formula is C23H35NO6. The molecule has 1 aliphatic carbocycles. The third kappa shape index (κ3) is 6.42. The van der Waals surface area contributed by atoms with Crippen LogP contribution in [0, 0.1) is 17.8 Å². The fourth-order valence-electron chi connectivity index (χ4n) is 3.87. The molecule has 2 rings (SSSR count). The minimum absolute atomic E-state index is 0.105. The van der Waals surface area contributed by atoms with Crippen LogP contribution in [0.4, 0.5) is 0 Å². The van der Waals surface area contributed by atoms with Crippen molar-refractivity contribution in [3.05, 3.63) is 18.0 Å². The molecule has 1 aromatic heterocycles. The standard InChI is InChI=1S/C23H35NO6/c1-14(2)13-29-22(17-8-6-7-9-17)16(4)30-23(27)15(3)12-18(25)20-21(26)19(28-5)10-11-24-20/h10-11,14-17,22,26H,6-9,12-13H2,1-5H3/t15-,16+,22+/m1/s1. The van der Waals surface area contributed by atoms with Crippen molar-refractivity contribution in [3.63, 3.8) is 0 Å². The Bertz CT molecular complexity index is 714. The lowest BCUT2D eigenvalue weighted by molar-refractivity contribution is -0.164. The molecule has 0 aliphatic heterocycles. The quantitative estimate of drug-likeness (QED) is 0.423. The van der Waals surface area contributed by atoms with Crippen LogP contribution in [0.1, 0.15) is 70.3 Å². The first-order chi connectivity index (χ1) is 14.2. The summed E-state index contributed by atoms with van der Waals surface area (Å²) in [4.78, 5) is 29.1. The molecule has 1 fully saturated rings. The summed E-state index contributed by atoms with van der Waals surface area (Å²) in [6.45, 7) is 8.32. The van der Waals surface area contributed by atoms with Crippen molar-refractivity contribution in [1.29, 1.82) is 0 Å². The number of Topliss-reactive ketones (excluding diaryl/α,β-unsaturated/α-hetero) is 1. The Balaban J connectivity index is 1.98. The number of nitrogens with zero attached hydrogens (tertiary/aromatic N) is 1. The summed E-state index contributed by atoms with van der Waals surface area (Å²) in [5.74, 6) is -0.915. The van der Waals surface area contributed by atoms with Gasteiger partial charge in [-0.25, -0.2) is 4.98 Å². The van der Waals surface area contributed by atoms with Gasteiger partial charge < -0.3 is 19.3 Å². The van der Waals surface area contributed by atoms with Crippen LogP contribution >= 0.6 is 0 Å². The van der Waals surface area contributed by atoms with E-state index >= 15 is 0 Å². The summed E-state index contributed by atoms with van der Waals surface area (Å²) >= 11 is 0. The van der Waals surface area contributed by atoms with Crippen molar-refractivity contribution in [2.45, 2.75) is 72.0 Å². The summed E-state index contributed by atoms with van der Waals surface area (Å²) in [6, 6.07) is 1.46. The molecule has 0 radical (unpaired) electrons. The van der Waals surface area contributed by atoms with Crippen LogP contribution < -0.4 is 4.74 Å². The molecule has 0 aromatic carbocycles. The number of aromatic nitrogens is 1. The van der Waals surface area contributed by atoms with Gasteiger partial charge in [0.15, 0.2) is 23.0 Å². The number of carbonyl (C=O) groups excluding carboxylic acids is 2. The van der Waals surface area contributed by atoms with Crippen molar-refractivity contribution >= 4 is 11.8 Å². The van der Waals surface area contributed by atoms with E-state index in [9.17, 15) is 14.7 Å². The smallest absolute Gasteiger partial charge is 0.309 e. The van der Waals surface area contributed by atoms with Gasteiger partial charge in [-0.3, -0.25) is 9.59 Å². The van der Waals surface area contributed by atoms with Crippen molar-refractivity contribution in [2.75, 3.05) is 13.7 Å². The van der Waals surface area contributed by atoms with Gasteiger partial charge in [-0.15, -0.1) is 0 Å². The SMILES string of the molecule is COc1ccnc(C(=O)C[C@@H](C)C(=O)O[C@@H](C)[C@H](OCC(C)C)C2CCCC2)c1O. The Hall–Kier alpha value is -2.15. The number of esters is 1. The summed E-state index contributed by atoms with van der Waals surface area (Å²) in [6.07, 6.45) is 5.27. The van der Waals surface area contributed by atoms with Crippen LogP contribution in [-0.2, 0) is 14.3 Å². The van der Waals surface area contributed by atoms with Gasteiger partial charge in [-0.05, 0) is 31.6 Å². The van der Waals surface area contributed by atoms with Crippen molar-refractivity contribution < 1.29 is 28.9 Å². The maximum absolute atomic E-state index is 12.6. The number of hydrogen-bond acceptors (Lipinski definition) is 7. The summed E-state index contributed by atoms with van der Waals surface area (Å²) in [5, 5.41) is 10.1. The van der Waals surface area contributed by atoms with E-state index in [2.05, 4.69) is 18.8 Å². The highest BCUT2D eigenvalue weighted by molar-refractivity contribution is 5.99. The third-order valence-corrected chi connectivity index (χ3v) is 5.52. The first kappa shape index (κ1) is 24.1. The number of carbonyl (C=O) groups is 2. The molecular weight excluding hydrogens is 386 g/mol. The number of hydrogen-bond donors (Lipinski definition) is 1. The van der Waals surface area contributed by atoms with Gasteiger partial charge in [-0.1, -0.05) is 33.6 Å². The first-order valence-corrected chi connectivity index (χ1v) is 10.8. The highest BCUT2D eigenvalue weighted by Crippen LogP contribution is 2.32. The van der Waals surface area contributed by atoms with Crippen LogP contribution in [0.5, 0.6) is 11.5 Å². The number of ketones is 1. The third-order valence-electron chi connectivity index (χ3n) is 5.52. The normalized spacial score (nSPS) is 17.5. The minimum Gasteiger partial charge on any atom is -0.503 e. The van der Waals surface area contributed by atoms with Gasteiger partial charge in [0, 0.05) is 25.3 Å². The summed E-state index contributed by atoms with van der Waals surface area (Å²) < 4.78 is 16.8. The molecule has 3 atom stereocenters. The molecule has 1 N–H and O–H groups in total. The molecule has 0 saturated heterocycles. The van der Waals surface area contributed by atoms with Gasteiger partial charge in [0.05, 0.1) is 19.1 Å². The fourth-order valence-corrected chi connectivity index (χ4v) is 3.87. The van der Waals surface area contributed by atoms with Crippen LogP contribution in [0.2, 0.25) is 0 Å². The van der Waals surface area contributed by atoms with Crippen molar-refractivity contribution in [1.82, 2.24) is 4.98 Å². The minimum atomic E-state index is -0.665. The average molecular weight is 422 g/mol. The molecule has 1 aliphatic rings. The van der Waals surface area contributed by atoms with Crippen LogP contribution in [0.15, 0.2) is 12.3 Å². The summed E-state index contributed by atoms with van der Waals surface area (Å²) in [7, 11) is 1.40. The molecule has 0 unspecified atom stereocenters. The number of aromatic hydroxyl groups is 1. The molecule has 7 heteroatoms. The zero-order valence-corrected chi connectivity index (χ0v) is 18.7. The Morgan fingerprint density at radius 3 is 2.47 bits per heavy atom. The van der Waals surface area contributed by atoms with Crippen LogP contribution in [0.3, 0.4) is 0 Å². The van der Waals surface area contributed by atoms with Gasteiger partial charge in [0.1, 0.15) is 6.10 Å². The predicted molar refractivity (Wildman–Crippen MR) is 113 cm³/mol. The zero-order chi connectivity index (χ0) is 22.3. The second kappa shape index (κ2) is 11.3. The van der Waals surface area contributed by atoms with E-state index in [0.717, 1.165) is 12.8 Å². The first-order valence-electron chi connectivity index (χ1n) is 10.8. The van der Waals surface area contributed by atoms with Crippen LogP contribution in [-0.4, -0.2) is 47.8 Å². The molecule has 30 heavy (non-hydrogen) atoms. The zero-order valence-electron chi connectivity index (χ0n) is 18.7. The molecule has 1 aromatic rings. The Kier molecular flexibility index (Phi) is 9.08. The van der Waals surface area contributed by atoms with E-state index in [4.69, 9.17) is 14.2 Å². The lowest BCUT2D eigenvalue weighted by Crippen LogP contribution is -2.38. The largest absolute Gasteiger partial charge is 0.503 e. The van der Waals surface area contributed by atoms with E-state index in [1.807, 2.05) is 6.92 Å². The van der Waals surface area contributed by atoms with Crippen molar-refractivity contribution in [2.24, 2.45) is 17.8 Å². The van der Waals surface area contributed by atoms with E-state index < -0.39 is 17.7 Å². The molecule has 1 heterocycles. The van der Waals surface area contributed by atoms with E-state index in [0.29, 0.717) is 18.4 Å².